The minimum absolute atomic E-state index is 0.0636. The van der Waals surface area contributed by atoms with E-state index in [1.54, 1.807) is 0 Å². The number of fused-ring (bicyclic) bond motifs is 1. The highest BCUT2D eigenvalue weighted by molar-refractivity contribution is 6.35. The Morgan fingerprint density at radius 1 is 1.05 bits per heavy atom. The highest BCUT2D eigenvalue weighted by Gasteiger charge is 2.17. The van der Waals surface area contributed by atoms with Gasteiger partial charge in [-0.25, -0.2) is 0 Å². The van der Waals surface area contributed by atoms with E-state index >= 15 is 0 Å². The number of likely N-dealkylation sites (tertiary alicyclic amines) is 1. The number of hydrogen-bond donors (Lipinski definition) is 0. The lowest BCUT2D eigenvalue weighted by Crippen LogP contribution is -2.38. The highest BCUT2D eigenvalue weighted by Crippen LogP contribution is 2.31. The molecule has 21 heavy (non-hydrogen) atoms. The van der Waals surface area contributed by atoms with Gasteiger partial charge in [0.1, 0.15) is 5.75 Å². The van der Waals surface area contributed by atoms with Gasteiger partial charge in [-0.05, 0) is 31.4 Å². The minimum Gasteiger partial charge on any atom is -0.483 e. The molecule has 0 aromatic heterocycles. The summed E-state index contributed by atoms with van der Waals surface area (Å²) in [4.78, 5) is 14.0. The third-order valence-corrected chi connectivity index (χ3v) is 4.22. The Labute approximate surface area is 129 Å². The molecule has 4 heteroatoms. The largest absolute Gasteiger partial charge is 0.483 e. The molecule has 110 valence electrons. The monoisotopic (exact) mass is 303 g/mol. The van der Waals surface area contributed by atoms with Gasteiger partial charge in [-0.15, -0.1) is 0 Å². The molecule has 0 atom stereocenters. The number of rotatable bonds is 3. The first kappa shape index (κ1) is 14.2. The van der Waals surface area contributed by atoms with Crippen molar-refractivity contribution in [1.29, 1.82) is 0 Å². The van der Waals surface area contributed by atoms with Gasteiger partial charge < -0.3 is 9.64 Å². The van der Waals surface area contributed by atoms with Crippen molar-refractivity contribution in [1.82, 2.24) is 4.90 Å². The summed E-state index contributed by atoms with van der Waals surface area (Å²) >= 11 is 6.18. The van der Waals surface area contributed by atoms with Crippen molar-refractivity contribution < 1.29 is 9.53 Å². The third-order valence-electron chi connectivity index (χ3n) is 3.89. The maximum Gasteiger partial charge on any atom is 0.260 e. The van der Waals surface area contributed by atoms with Gasteiger partial charge in [-0.1, -0.05) is 35.9 Å². The summed E-state index contributed by atoms with van der Waals surface area (Å²) in [5.41, 5.74) is 0. The van der Waals surface area contributed by atoms with Crippen LogP contribution in [0.2, 0.25) is 5.02 Å². The van der Waals surface area contributed by atoms with Crippen molar-refractivity contribution in [3.63, 3.8) is 0 Å². The first-order valence-electron chi connectivity index (χ1n) is 7.33. The van der Waals surface area contributed by atoms with Crippen LogP contribution in [-0.2, 0) is 4.79 Å². The second-order valence-corrected chi connectivity index (χ2v) is 5.73. The summed E-state index contributed by atoms with van der Waals surface area (Å²) in [7, 11) is 0. The first-order valence-corrected chi connectivity index (χ1v) is 7.71. The number of amides is 1. The summed E-state index contributed by atoms with van der Waals surface area (Å²) in [5.74, 6) is 0.772. The number of piperidine rings is 1. The number of carbonyl (C=O) groups is 1. The molecule has 0 radical (unpaired) electrons. The van der Waals surface area contributed by atoms with E-state index in [2.05, 4.69) is 0 Å². The summed E-state index contributed by atoms with van der Waals surface area (Å²) in [6.07, 6.45) is 3.40. The molecule has 0 aliphatic carbocycles. The molecule has 1 aliphatic heterocycles. The Bertz CT molecular complexity index is 650. The molecule has 3 nitrogen and oxygen atoms in total. The Balaban J connectivity index is 1.73. The van der Waals surface area contributed by atoms with Crippen molar-refractivity contribution in [2.45, 2.75) is 19.3 Å². The van der Waals surface area contributed by atoms with Crippen LogP contribution in [0, 0.1) is 0 Å². The smallest absolute Gasteiger partial charge is 0.260 e. The van der Waals surface area contributed by atoms with Gasteiger partial charge in [-0.2, -0.15) is 0 Å². The summed E-state index contributed by atoms with van der Waals surface area (Å²) in [6.45, 7) is 1.79. The van der Waals surface area contributed by atoms with E-state index in [1.807, 2.05) is 41.3 Å². The van der Waals surface area contributed by atoms with Crippen molar-refractivity contribution >= 4 is 28.3 Å². The molecule has 0 spiro atoms. The molecule has 1 aliphatic rings. The van der Waals surface area contributed by atoms with Crippen molar-refractivity contribution in [2.24, 2.45) is 0 Å². The van der Waals surface area contributed by atoms with Crippen LogP contribution in [0.4, 0.5) is 0 Å². The van der Waals surface area contributed by atoms with Crippen molar-refractivity contribution in [2.75, 3.05) is 19.7 Å². The van der Waals surface area contributed by atoms with Gasteiger partial charge in [0.05, 0.1) is 0 Å². The quantitative estimate of drug-likeness (QED) is 0.861. The van der Waals surface area contributed by atoms with Gasteiger partial charge in [0.15, 0.2) is 6.61 Å². The zero-order chi connectivity index (χ0) is 14.7. The lowest BCUT2D eigenvalue weighted by atomic mass is 10.1. The van der Waals surface area contributed by atoms with Gasteiger partial charge >= 0.3 is 0 Å². The van der Waals surface area contributed by atoms with Gasteiger partial charge in [-0.3, -0.25) is 4.79 Å². The number of ether oxygens (including phenoxy) is 1. The van der Waals surface area contributed by atoms with Crippen LogP contribution in [-0.4, -0.2) is 30.5 Å². The Morgan fingerprint density at radius 2 is 1.76 bits per heavy atom. The molecular weight excluding hydrogens is 286 g/mol. The van der Waals surface area contributed by atoms with Crippen LogP contribution in [0.15, 0.2) is 36.4 Å². The van der Waals surface area contributed by atoms with E-state index < -0.39 is 0 Å². The second kappa shape index (κ2) is 6.35. The topological polar surface area (TPSA) is 29.5 Å². The maximum atomic E-state index is 12.1. The predicted octanol–water partition coefficient (Wildman–Crippen LogP) is 3.88. The zero-order valence-electron chi connectivity index (χ0n) is 11.8. The SMILES string of the molecule is O=C(COc1ccc(Cl)c2ccccc12)N1CCCCC1. The molecular formula is C17H18ClNO2. The van der Waals surface area contributed by atoms with E-state index in [1.165, 1.54) is 6.42 Å². The van der Waals surface area contributed by atoms with E-state index in [9.17, 15) is 4.79 Å². The summed E-state index contributed by atoms with van der Waals surface area (Å²) in [5, 5.41) is 2.58. The van der Waals surface area contributed by atoms with Crippen LogP contribution < -0.4 is 4.74 Å². The van der Waals surface area contributed by atoms with Crippen LogP contribution in [0.5, 0.6) is 5.75 Å². The number of carbonyl (C=O) groups excluding carboxylic acids is 1. The van der Waals surface area contributed by atoms with Crippen LogP contribution in [0.3, 0.4) is 0 Å². The fourth-order valence-corrected chi connectivity index (χ4v) is 2.96. The standard InChI is InChI=1S/C17H18ClNO2/c18-15-8-9-16(14-7-3-2-6-13(14)15)21-12-17(20)19-10-4-1-5-11-19/h2-3,6-9H,1,4-5,10-12H2. The number of benzene rings is 2. The molecule has 0 saturated carbocycles. The van der Waals surface area contributed by atoms with Gasteiger partial charge in [0.2, 0.25) is 0 Å². The fraction of sp³-hybridized carbons (Fsp3) is 0.353. The maximum absolute atomic E-state index is 12.1. The van der Waals surface area contributed by atoms with E-state index in [0.717, 1.165) is 36.7 Å². The van der Waals surface area contributed by atoms with Crippen molar-refractivity contribution in [3.8, 4) is 5.75 Å². The highest BCUT2D eigenvalue weighted by atomic mass is 35.5. The molecule has 1 fully saturated rings. The molecule has 2 aromatic carbocycles. The predicted molar refractivity (Wildman–Crippen MR) is 84.9 cm³/mol. The molecule has 0 unspecified atom stereocenters. The van der Waals surface area contributed by atoms with Gasteiger partial charge in [0, 0.05) is 28.9 Å². The Kier molecular flexibility index (Phi) is 4.30. The van der Waals surface area contributed by atoms with E-state index in [-0.39, 0.29) is 12.5 Å². The fourth-order valence-electron chi connectivity index (χ4n) is 2.73. The lowest BCUT2D eigenvalue weighted by molar-refractivity contribution is -0.134. The van der Waals surface area contributed by atoms with Crippen molar-refractivity contribution in [3.05, 3.63) is 41.4 Å². The van der Waals surface area contributed by atoms with E-state index in [0.29, 0.717) is 10.8 Å². The van der Waals surface area contributed by atoms with Crippen LogP contribution in [0.25, 0.3) is 10.8 Å². The molecule has 1 saturated heterocycles. The summed E-state index contributed by atoms with van der Waals surface area (Å²) < 4.78 is 5.74. The number of nitrogens with zero attached hydrogens (tertiary/aromatic N) is 1. The van der Waals surface area contributed by atoms with Gasteiger partial charge in [0.25, 0.3) is 5.91 Å². The average Bonchev–Trinajstić information content (AvgIpc) is 2.55. The summed E-state index contributed by atoms with van der Waals surface area (Å²) in [6, 6.07) is 11.4. The normalized spacial score (nSPS) is 15.2. The number of hydrogen-bond acceptors (Lipinski definition) is 2. The Morgan fingerprint density at radius 3 is 2.52 bits per heavy atom. The lowest BCUT2D eigenvalue weighted by Gasteiger charge is -2.26. The third kappa shape index (κ3) is 3.13. The number of halogens is 1. The van der Waals surface area contributed by atoms with Crippen LogP contribution >= 0.6 is 11.6 Å². The van der Waals surface area contributed by atoms with Crippen LogP contribution in [0.1, 0.15) is 19.3 Å². The average molecular weight is 304 g/mol. The minimum atomic E-state index is 0.0636. The zero-order valence-corrected chi connectivity index (χ0v) is 12.6. The molecule has 3 rings (SSSR count). The first-order chi connectivity index (χ1) is 10.3. The van der Waals surface area contributed by atoms with E-state index in [4.69, 9.17) is 16.3 Å². The molecule has 1 heterocycles. The molecule has 1 amide bonds. The Hall–Kier alpha value is -1.74. The second-order valence-electron chi connectivity index (χ2n) is 5.32. The molecule has 0 N–H and O–H groups in total. The molecule has 2 aromatic rings. The molecule has 0 bridgehead atoms.